The number of rotatable bonds is 4. The molecule has 1 aliphatic rings. The van der Waals surface area contributed by atoms with E-state index < -0.39 is 0 Å². The van der Waals surface area contributed by atoms with Gasteiger partial charge in [-0.15, -0.1) is 0 Å². The van der Waals surface area contributed by atoms with Gasteiger partial charge in [0, 0.05) is 34.9 Å². The van der Waals surface area contributed by atoms with Crippen LogP contribution in [0.25, 0.3) is 22.6 Å². The fraction of sp³-hybridized carbons (Fsp3) is 0.103. The van der Waals surface area contributed by atoms with Gasteiger partial charge in [0.1, 0.15) is 0 Å². The van der Waals surface area contributed by atoms with Gasteiger partial charge in [-0.25, -0.2) is 4.68 Å². The Morgan fingerprint density at radius 3 is 2.43 bits per heavy atom. The molecular formula is C29H23ClN4O. The topological polar surface area (TPSA) is 51.9 Å². The molecule has 0 bridgehead atoms. The van der Waals surface area contributed by atoms with E-state index in [4.69, 9.17) is 16.7 Å². The number of carbonyl (C=O) groups excluding carboxylic acids is 1. The van der Waals surface area contributed by atoms with E-state index in [1.807, 2.05) is 53.5 Å². The highest BCUT2D eigenvalue weighted by Gasteiger charge is 2.25. The second kappa shape index (κ2) is 8.60. The molecule has 6 rings (SSSR count). The van der Waals surface area contributed by atoms with Gasteiger partial charge in [0.25, 0.3) is 5.91 Å². The monoisotopic (exact) mass is 478 g/mol. The summed E-state index contributed by atoms with van der Waals surface area (Å²) in [4.78, 5) is 12.9. The number of aromatic nitrogens is 3. The van der Waals surface area contributed by atoms with Crippen LogP contribution in [0.3, 0.4) is 0 Å². The molecule has 0 atom stereocenters. The molecule has 0 radical (unpaired) electrons. The first-order valence-electron chi connectivity index (χ1n) is 11.6. The molecule has 5 nitrogen and oxygen atoms in total. The summed E-state index contributed by atoms with van der Waals surface area (Å²) in [6.07, 6.45) is 5.95. The van der Waals surface area contributed by atoms with Crippen molar-refractivity contribution in [3.63, 3.8) is 0 Å². The van der Waals surface area contributed by atoms with Crippen LogP contribution in [0.1, 0.15) is 27.2 Å². The molecule has 0 saturated carbocycles. The SMILES string of the molecule is Cc1nn(-c2ccc(-n3cccc3)cc2)c2c1CCc1ccc(NC(=O)c3ccccc3Cl)cc1-2. The zero-order valence-corrected chi connectivity index (χ0v) is 20.0. The van der Waals surface area contributed by atoms with Gasteiger partial charge in [0.2, 0.25) is 0 Å². The molecule has 1 N–H and O–H groups in total. The number of anilines is 1. The van der Waals surface area contributed by atoms with E-state index in [9.17, 15) is 4.79 Å². The van der Waals surface area contributed by atoms with Crippen LogP contribution in [-0.2, 0) is 12.8 Å². The fourth-order valence-corrected chi connectivity index (χ4v) is 5.01. The smallest absolute Gasteiger partial charge is 0.257 e. The lowest BCUT2D eigenvalue weighted by atomic mass is 9.88. The molecule has 1 amide bonds. The highest BCUT2D eigenvalue weighted by molar-refractivity contribution is 6.34. The molecule has 1 aliphatic carbocycles. The van der Waals surface area contributed by atoms with E-state index in [1.165, 1.54) is 11.1 Å². The largest absolute Gasteiger partial charge is 0.324 e. The van der Waals surface area contributed by atoms with Gasteiger partial charge in [-0.3, -0.25) is 4.79 Å². The van der Waals surface area contributed by atoms with Gasteiger partial charge < -0.3 is 9.88 Å². The second-order valence-electron chi connectivity index (χ2n) is 8.74. The number of fused-ring (bicyclic) bond motifs is 3. The molecule has 0 unspecified atom stereocenters. The highest BCUT2D eigenvalue weighted by Crippen LogP contribution is 2.38. The summed E-state index contributed by atoms with van der Waals surface area (Å²) in [5.41, 5.74) is 9.01. The first-order chi connectivity index (χ1) is 17.1. The third kappa shape index (κ3) is 3.84. The maximum absolute atomic E-state index is 12.9. The number of amides is 1. The van der Waals surface area contributed by atoms with Crippen molar-refractivity contribution in [2.24, 2.45) is 0 Å². The van der Waals surface area contributed by atoms with Gasteiger partial charge in [-0.1, -0.05) is 29.8 Å². The molecule has 0 saturated heterocycles. The van der Waals surface area contributed by atoms with Crippen LogP contribution in [0.15, 0.2) is 91.3 Å². The molecule has 172 valence electrons. The number of carbonyl (C=O) groups is 1. The van der Waals surface area contributed by atoms with E-state index in [0.717, 1.165) is 46.9 Å². The Balaban J connectivity index is 1.38. The number of benzene rings is 3. The van der Waals surface area contributed by atoms with E-state index in [1.54, 1.807) is 12.1 Å². The van der Waals surface area contributed by atoms with Crippen LogP contribution in [0, 0.1) is 6.92 Å². The maximum Gasteiger partial charge on any atom is 0.257 e. The molecule has 0 aliphatic heterocycles. The van der Waals surface area contributed by atoms with Crippen LogP contribution in [0.2, 0.25) is 5.02 Å². The normalized spacial score (nSPS) is 12.2. The molecule has 2 aromatic heterocycles. The van der Waals surface area contributed by atoms with Gasteiger partial charge in [0.05, 0.1) is 27.7 Å². The number of nitrogens with one attached hydrogen (secondary N) is 1. The van der Waals surface area contributed by atoms with Gasteiger partial charge in [-0.05, 0) is 86.0 Å². The third-order valence-corrected chi connectivity index (χ3v) is 6.90. The van der Waals surface area contributed by atoms with Crippen LogP contribution in [-0.4, -0.2) is 20.3 Å². The first-order valence-corrected chi connectivity index (χ1v) is 12.0. The van der Waals surface area contributed by atoms with E-state index in [0.29, 0.717) is 10.6 Å². The Labute approximate surface area is 208 Å². The minimum Gasteiger partial charge on any atom is -0.324 e. The van der Waals surface area contributed by atoms with Crippen molar-refractivity contribution < 1.29 is 4.79 Å². The minimum absolute atomic E-state index is 0.225. The molecular weight excluding hydrogens is 456 g/mol. The van der Waals surface area contributed by atoms with Crippen LogP contribution < -0.4 is 5.32 Å². The predicted octanol–water partition coefficient (Wildman–Crippen LogP) is 6.64. The lowest BCUT2D eigenvalue weighted by Gasteiger charge is -2.20. The van der Waals surface area contributed by atoms with Crippen LogP contribution in [0.5, 0.6) is 0 Å². The summed E-state index contributed by atoms with van der Waals surface area (Å²) in [6, 6.07) is 25.6. The Kier molecular flexibility index (Phi) is 5.27. The summed E-state index contributed by atoms with van der Waals surface area (Å²) < 4.78 is 4.11. The molecule has 35 heavy (non-hydrogen) atoms. The number of nitrogens with zero attached hydrogens (tertiary/aromatic N) is 3. The summed E-state index contributed by atoms with van der Waals surface area (Å²) in [6.45, 7) is 2.07. The second-order valence-corrected chi connectivity index (χ2v) is 9.14. The Hall–Kier alpha value is -4.09. The third-order valence-electron chi connectivity index (χ3n) is 6.57. The molecule has 5 aromatic rings. The molecule has 2 heterocycles. The summed E-state index contributed by atoms with van der Waals surface area (Å²) in [5.74, 6) is -0.225. The van der Waals surface area contributed by atoms with Crippen molar-refractivity contribution in [3.05, 3.63) is 119 Å². The van der Waals surface area contributed by atoms with Crippen molar-refractivity contribution in [1.29, 1.82) is 0 Å². The average Bonchev–Trinajstić information content (AvgIpc) is 3.53. The van der Waals surface area contributed by atoms with Gasteiger partial charge >= 0.3 is 0 Å². The van der Waals surface area contributed by atoms with Gasteiger partial charge in [0.15, 0.2) is 0 Å². The molecule has 6 heteroatoms. The van der Waals surface area contributed by atoms with E-state index in [-0.39, 0.29) is 5.91 Å². The van der Waals surface area contributed by atoms with Crippen LogP contribution in [0.4, 0.5) is 5.69 Å². The van der Waals surface area contributed by atoms with Crippen molar-refractivity contribution in [3.8, 4) is 22.6 Å². The molecule has 0 spiro atoms. The Morgan fingerprint density at radius 1 is 0.914 bits per heavy atom. The van der Waals surface area contributed by atoms with Crippen molar-refractivity contribution >= 4 is 23.2 Å². The highest BCUT2D eigenvalue weighted by atomic mass is 35.5. The molecule has 0 fully saturated rings. The average molecular weight is 479 g/mol. The Morgan fingerprint density at radius 2 is 1.66 bits per heavy atom. The quantitative estimate of drug-likeness (QED) is 0.314. The summed E-state index contributed by atoms with van der Waals surface area (Å²) in [7, 11) is 0. The van der Waals surface area contributed by atoms with Crippen molar-refractivity contribution in [2.45, 2.75) is 19.8 Å². The zero-order chi connectivity index (χ0) is 23.9. The van der Waals surface area contributed by atoms with Gasteiger partial charge in [-0.2, -0.15) is 5.10 Å². The standard InChI is InChI=1S/C29H23ClN4O/c1-19-24-15-9-20-8-10-21(31-29(35)25-6-2-3-7-27(25)30)18-26(20)28(24)34(32-19)23-13-11-22(12-14-23)33-16-4-5-17-33/h2-8,10-14,16-18H,9,15H2,1H3,(H,31,35). The number of hydrogen-bond donors (Lipinski definition) is 1. The molecule has 3 aromatic carbocycles. The predicted molar refractivity (Wildman–Crippen MR) is 140 cm³/mol. The number of halogens is 1. The number of hydrogen-bond acceptors (Lipinski definition) is 2. The Bertz CT molecular complexity index is 1550. The van der Waals surface area contributed by atoms with E-state index in [2.05, 4.69) is 47.1 Å². The summed E-state index contributed by atoms with van der Waals surface area (Å²) in [5, 5.41) is 8.35. The van der Waals surface area contributed by atoms with Crippen LogP contribution >= 0.6 is 11.6 Å². The van der Waals surface area contributed by atoms with E-state index >= 15 is 0 Å². The minimum atomic E-state index is -0.225. The lowest BCUT2D eigenvalue weighted by molar-refractivity contribution is 0.102. The maximum atomic E-state index is 12.9. The first kappa shape index (κ1) is 21.4. The fourth-order valence-electron chi connectivity index (χ4n) is 4.79. The van der Waals surface area contributed by atoms with Crippen molar-refractivity contribution in [2.75, 3.05) is 5.32 Å². The number of aryl methyl sites for hydroxylation is 2. The lowest BCUT2D eigenvalue weighted by Crippen LogP contribution is -2.13. The zero-order valence-electron chi connectivity index (χ0n) is 19.2. The van der Waals surface area contributed by atoms with Crippen molar-refractivity contribution in [1.82, 2.24) is 14.3 Å². The summed E-state index contributed by atoms with van der Waals surface area (Å²) >= 11 is 6.23.